The molecule has 0 saturated heterocycles. The Morgan fingerprint density at radius 1 is 0.333 bits per heavy atom. The highest BCUT2D eigenvalue weighted by Crippen LogP contribution is 2.16. The zero-order valence-electron chi connectivity index (χ0n) is 41.8. The van der Waals surface area contributed by atoms with Gasteiger partial charge in [0.1, 0.15) is 13.2 Å². The molecular formula is C57H102O6. The van der Waals surface area contributed by atoms with Crippen LogP contribution >= 0.6 is 0 Å². The number of rotatable bonds is 49. The van der Waals surface area contributed by atoms with Crippen molar-refractivity contribution in [2.75, 3.05) is 13.2 Å². The van der Waals surface area contributed by atoms with Crippen LogP contribution in [0.4, 0.5) is 0 Å². The second-order valence-corrected chi connectivity index (χ2v) is 18.2. The third-order valence-corrected chi connectivity index (χ3v) is 11.9. The van der Waals surface area contributed by atoms with Gasteiger partial charge in [-0.2, -0.15) is 0 Å². The van der Waals surface area contributed by atoms with Gasteiger partial charge in [-0.15, -0.1) is 0 Å². The number of hydrogen-bond acceptors (Lipinski definition) is 6. The van der Waals surface area contributed by atoms with Crippen LogP contribution in [0.3, 0.4) is 0 Å². The number of carbonyl (C=O) groups excluding carboxylic acids is 3. The van der Waals surface area contributed by atoms with E-state index in [1.165, 1.54) is 154 Å². The van der Waals surface area contributed by atoms with E-state index in [1.807, 2.05) is 0 Å². The van der Waals surface area contributed by atoms with E-state index in [-0.39, 0.29) is 31.1 Å². The number of ether oxygens (including phenoxy) is 3. The topological polar surface area (TPSA) is 78.9 Å². The first-order valence-electron chi connectivity index (χ1n) is 27.2. The molecule has 0 aromatic carbocycles. The van der Waals surface area contributed by atoms with Crippen LogP contribution in [-0.4, -0.2) is 37.2 Å². The molecule has 6 nitrogen and oxygen atoms in total. The van der Waals surface area contributed by atoms with Crippen LogP contribution in [-0.2, 0) is 28.6 Å². The van der Waals surface area contributed by atoms with Crippen molar-refractivity contribution in [2.24, 2.45) is 0 Å². The molecule has 0 bridgehead atoms. The fourth-order valence-corrected chi connectivity index (χ4v) is 7.79. The molecule has 0 fully saturated rings. The molecule has 366 valence electrons. The molecule has 0 aromatic rings. The van der Waals surface area contributed by atoms with Crippen molar-refractivity contribution < 1.29 is 28.6 Å². The lowest BCUT2D eigenvalue weighted by Gasteiger charge is -2.18. The summed E-state index contributed by atoms with van der Waals surface area (Å²) in [4.78, 5) is 38.0. The molecule has 0 spiro atoms. The molecule has 0 heterocycles. The van der Waals surface area contributed by atoms with E-state index in [9.17, 15) is 14.4 Å². The first kappa shape index (κ1) is 60.4. The van der Waals surface area contributed by atoms with Crippen molar-refractivity contribution in [2.45, 2.75) is 284 Å². The Morgan fingerprint density at radius 3 is 1.00 bits per heavy atom. The zero-order chi connectivity index (χ0) is 45.8. The van der Waals surface area contributed by atoms with Crippen LogP contribution < -0.4 is 0 Å². The molecule has 0 amide bonds. The van der Waals surface area contributed by atoms with Crippen LogP contribution in [0.25, 0.3) is 0 Å². The Morgan fingerprint density at radius 2 is 0.635 bits per heavy atom. The zero-order valence-corrected chi connectivity index (χ0v) is 41.8. The van der Waals surface area contributed by atoms with Gasteiger partial charge in [0.15, 0.2) is 6.10 Å². The van der Waals surface area contributed by atoms with Gasteiger partial charge in [-0.25, -0.2) is 0 Å². The minimum atomic E-state index is -0.780. The highest BCUT2D eigenvalue weighted by molar-refractivity contribution is 5.71. The number of carbonyl (C=O) groups is 3. The predicted molar refractivity (Wildman–Crippen MR) is 270 cm³/mol. The molecule has 0 N–H and O–H groups in total. The Bertz CT molecular complexity index is 1110. The van der Waals surface area contributed by atoms with E-state index in [4.69, 9.17) is 14.2 Å². The van der Waals surface area contributed by atoms with E-state index in [1.54, 1.807) is 0 Å². The highest BCUT2D eigenvalue weighted by atomic mass is 16.6. The number of unbranched alkanes of at least 4 members (excludes halogenated alkanes) is 32. The molecule has 0 aliphatic heterocycles. The minimum absolute atomic E-state index is 0.0796. The third kappa shape index (κ3) is 50.2. The summed E-state index contributed by atoms with van der Waals surface area (Å²) >= 11 is 0. The standard InChI is InChI=1S/C57H102O6/c1-4-7-10-13-16-19-22-25-27-28-30-32-35-38-41-44-47-50-56(59)62-53-54(52-61-55(58)49-46-43-40-37-34-31-24-21-18-15-12-9-6-3)63-57(60)51-48-45-42-39-36-33-29-26-23-20-17-14-11-8-5-2/h9,12,15,18,21,24-25,27,54H,4-8,10-11,13-14,16-17,19-20,22-23,26,28-53H2,1-3H3/b12-9-,18-15-,24-21-,27-25-. The lowest BCUT2D eigenvalue weighted by atomic mass is 10.0. The maximum Gasteiger partial charge on any atom is 0.306 e. The third-order valence-electron chi connectivity index (χ3n) is 11.9. The van der Waals surface area contributed by atoms with Crippen molar-refractivity contribution >= 4 is 17.9 Å². The van der Waals surface area contributed by atoms with E-state index < -0.39 is 6.10 Å². The second-order valence-electron chi connectivity index (χ2n) is 18.2. The molecular weight excluding hydrogens is 781 g/mol. The molecule has 1 atom stereocenters. The molecule has 0 radical (unpaired) electrons. The molecule has 0 saturated carbocycles. The van der Waals surface area contributed by atoms with Crippen molar-refractivity contribution in [3.63, 3.8) is 0 Å². The Kier molecular flexibility index (Phi) is 49.8. The Hall–Kier alpha value is -2.63. The average molecular weight is 883 g/mol. The van der Waals surface area contributed by atoms with E-state index in [0.717, 1.165) is 83.5 Å². The van der Waals surface area contributed by atoms with Crippen molar-refractivity contribution in [3.8, 4) is 0 Å². The number of allylic oxidation sites excluding steroid dienone is 8. The summed E-state index contributed by atoms with van der Waals surface area (Å²) < 4.78 is 16.8. The summed E-state index contributed by atoms with van der Waals surface area (Å²) in [6.07, 6.45) is 62.4. The normalized spacial score (nSPS) is 12.4. The number of esters is 3. The predicted octanol–water partition coefficient (Wildman–Crippen LogP) is 17.9. The summed E-state index contributed by atoms with van der Waals surface area (Å²) in [6, 6.07) is 0. The molecule has 0 rings (SSSR count). The molecule has 0 aromatic heterocycles. The fourth-order valence-electron chi connectivity index (χ4n) is 7.79. The lowest BCUT2D eigenvalue weighted by Crippen LogP contribution is -2.30. The summed E-state index contributed by atoms with van der Waals surface area (Å²) in [7, 11) is 0. The van der Waals surface area contributed by atoms with Gasteiger partial charge >= 0.3 is 17.9 Å². The SMILES string of the molecule is CC\C=C/C=C\C=C/CCCCCCCC(=O)OCC(COC(=O)CCCCCCCCC/C=C\CCCCCCCC)OC(=O)CCCCCCCCCCCCCCCCC. The summed E-state index contributed by atoms with van der Waals surface area (Å²) in [6.45, 7) is 6.51. The second kappa shape index (κ2) is 52.0. The van der Waals surface area contributed by atoms with Gasteiger partial charge in [-0.3, -0.25) is 14.4 Å². The van der Waals surface area contributed by atoms with Crippen LogP contribution in [0, 0.1) is 0 Å². The van der Waals surface area contributed by atoms with Gasteiger partial charge in [0.2, 0.25) is 0 Å². The fraction of sp³-hybridized carbons (Fsp3) is 0.807. The van der Waals surface area contributed by atoms with Crippen LogP contribution in [0.15, 0.2) is 48.6 Å². The van der Waals surface area contributed by atoms with Crippen molar-refractivity contribution in [1.82, 2.24) is 0 Å². The van der Waals surface area contributed by atoms with Crippen LogP contribution in [0.5, 0.6) is 0 Å². The number of hydrogen-bond donors (Lipinski definition) is 0. The lowest BCUT2D eigenvalue weighted by molar-refractivity contribution is -0.167. The van der Waals surface area contributed by atoms with Crippen LogP contribution in [0.1, 0.15) is 278 Å². The molecule has 1 unspecified atom stereocenters. The van der Waals surface area contributed by atoms with Gasteiger partial charge in [0, 0.05) is 19.3 Å². The minimum Gasteiger partial charge on any atom is -0.462 e. The summed E-state index contributed by atoms with van der Waals surface area (Å²) in [5.74, 6) is -0.893. The monoisotopic (exact) mass is 883 g/mol. The van der Waals surface area contributed by atoms with Gasteiger partial charge < -0.3 is 14.2 Å². The smallest absolute Gasteiger partial charge is 0.306 e. The van der Waals surface area contributed by atoms with Gasteiger partial charge in [-0.1, -0.05) is 243 Å². The van der Waals surface area contributed by atoms with E-state index in [2.05, 4.69) is 69.4 Å². The Labute approximate surface area is 390 Å². The van der Waals surface area contributed by atoms with Crippen molar-refractivity contribution in [1.29, 1.82) is 0 Å². The van der Waals surface area contributed by atoms with E-state index >= 15 is 0 Å². The van der Waals surface area contributed by atoms with Gasteiger partial charge in [0.05, 0.1) is 0 Å². The highest BCUT2D eigenvalue weighted by Gasteiger charge is 2.19. The molecule has 0 aliphatic carbocycles. The molecule has 6 heteroatoms. The maximum absolute atomic E-state index is 12.8. The largest absolute Gasteiger partial charge is 0.462 e. The van der Waals surface area contributed by atoms with Crippen LogP contribution in [0.2, 0.25) is 0 Å². The summed E-state index contributed by atoms with van der Waals surface area (Å²) in [5.41, 5.74) is 0. The first-order valence-corrected chi connectivity index (χ1v) is 27.2. The Balaban J connectivity index is 4.37. The van der Waals surface area contributed by atoms with Gasteiger partial charge in [-0.05, 0) is 64.2 Å². The van der Waals surface area contributed by atoms with Gasteiger partial charge in [0.25, 0.3) is 0 Å². The molecule has 0 aliphatic rings. The first-order chi connectivity index (χ1) is 31.0. The average Bonchev–Trinajstić information content (AvgIpc) is 3.28. The van der Waals surface area contributed by atoms with E-state index in [0.29, 0.717) is 19.3 Å². The molecule has 63 heavy (non-hydrogen) atoms. The summed E-state index contributed by atoms with van der Waals surface area (Å²) in [5, 5.41) is 0. The quantitative estimate of drug-likeness (QED) is 0.0199. The van der Waals surface area contributed by atoms with Crippen molar-refractivity contribution in [3.05, 3.63) is 48.6 Å². The maximum atomic E-state index is 12.8.